The smallest absolute Gasteiger partial charge is 0.253 e. The van der Waals surface area contributed by atoms with Gasteiger partial charge in [-0.3, -0.25) is 4.79 Å². The van der Waals surface area contributed by atoms with Gasteiger partial charge in [-0.1, -0.05) is 43.1 Å². The fraction of sp³-hybridized carbons (Fsp3) is 0.393. The van der Waals surface area contributed by atoms with E-state index in [2.05, 4.69) is 55.9 Å². The minimum absolute atomic E-state index is 0.133. The van der Waals surface area contributed by atoms with Crippen molar-refractivity contribution >= 4 is 40.6 Å². The normalized spacial score (nSPS) is 13.5. The fourth-order valence-corrected chi connectivity index (χ4v) is 4.47. The van der Waals surface area contributed by atoms with Crippen molar-refractivity contribution in [2.75, 3.05) is 50.5 Å². The molecule has 0 atom stereocenters. The van der Waals surface area contributed by atoms with Crippen molar-refractivity contribution in [2.45, 2.75) is 32.6 Å². The number of hydrogen-bond donors (Lipinski definition) is 3. The van der Waals surface area contributed by atoms with E-state index >= 15 is 0 Å². The van der Waals surface area contributed by atoms with Crippen LogP contribution in [0.3, 0.4) is 0 Å². The Kier molecular flexibility index (Phi) is 9.71. The highest BCUT2D eigenvalue weighted by Crippen LogP contribution is 2.28. The molecule has 1 aliphatic rings. The van der Waals surface area contributed by atoms with Gasteiger partial charge in [0.05, 0.1) is 24.1 Å². The molecule has 0 fully saturated rings. The van der Waals surface area contributed by atoms with Gasteiger partial charge in [-0.15, -0.1) is 0 Å². The van der Waals surface area contributed by atoms with E-state index in [-0.39, 0.29) is 5.91 Å². The van der Waals surface area contributed by atoms with Crippen LogP contribution in [0.25, 0.3) is 0 Å². The summed E-state index contributed by atoms with van der Waals surface area (Å²) in [6.45, 7) is 6.48. The average Bonchev–Trinajstić information content (AvgIpc) is 3.11. The number of nitrogens with zero attached hydrogens (tertiary/aromatic N) is 3. The number of aromatic nitrogens is 2. The lowest BCUT2D eigenvalue weighted by molar-refractivity contribution is 0.0954. The molecule has 9 heteroatoms. The number of carbonyl (C=O) groups excluding carboxylic acids is 1. The van der Waals surface area contributed by atoms with Crippen molar-refractivity contribution in [3.05, 3.63) is 70.4 Å². The molecular weight excluding hydrogens is 488 g/mol. The minimum atomic E-state index is -0.133. The predicted octanol–water partition coefficient (Wildman–Crippen LogP) is 5.19. The first-order valence-electron chi connectivity index (χ1n) is 12.8. The Morgan fingerprint density at radius 3 is 2.73 bits per heavy atom. The van der Waals surface area contributed by atoms with Crippen LogP contribution < -0.4 is 16.0 Å². The Balaban J connectivity index is 1.47. The zero-order valence-corrected chi connectivity index (χ0v) is 22.3. The maximum Gasteiger partial charge on any atom is 0.253 e. The van der Waals surface area contributed by atoms with Gasteiger partial charge in [-0.05, 0) is 54.7 Å². The molecule has 1 aromatic heterocycles. The second-order valence-electron chi connectivity index (χ2n) is 9.11. The van der Waals surface area contributed by atoms with Crippen LogP contribution in [-0.2, 0) is 17.6 Å². The summed E-state index contributed by atoms with van der Waals surface area (Å²) < 4.78 is 5.24. The first-order valence-corrected chi connectivity index (χ1v) is 13.2. The number of hydrogen-bond acceptors (Lipinski definition) is 7. The largest absolute Gasteiger partial charge is 0.383 e. The van der Waals surface area contributed by atoms with Crippen LogP contribution in [0.5, 0.6) is 0 Å². The fourth-order valence-electron chi connectivity index (χ4n) is 4.33. The lowest BCUT2D eigenvalue weighted by Gasteiger charge is -2.18. The zero-order chi connectivity index (χ0) is 26.0. The van der Waals surface area contributed by atoms with Gasteiger partial charge in [-0.25, -0.2) is 4.98 Å². The summed E-state index contributed by atoms with van der Waals surface area (Å²) in [5.41, 5.74) is 4.80. The van der Waals surface area contributed by atoms with Crippen LogP contribution in [0.4, 0.5) is 23.1 Å². The molecule has 0 saturated heterocycles. The number of carbonyl (C=O) groups is 1. The number of amides is 1. The van der Waals surface area contributed by atoms with Crippen LogP contribution in [-0.4, -0.2) is 60.7 Å². The number of benzene rings is 2. The third kappa shape index (κ3) is 7.41. The van der Waals surface area contributed by atoms with Gasteiger partial charge in [0.25, 0.3) is 5.91 Å². The molecular formula is C28H35ClN6O2. The lowest BCUT2D eigenvalue weighted by atomic mass is 10.0. The van der Waals surface area contributed by atoms with E-state index in [1.54, 1.807) is 19.4 Å². The standard InChI is InChI=1S/C28H35ClN6O2/c1-3-4-13-30-27(36)23-7-5-6-8-25(23)33-26-24(29)19-31-28(34-26)32-22-10-9-20-11-14-35(16-17-37-2)15-12-21(20)18-22/h5-10,18-19H,3-4,11-17H2,1-2H3,(H,30,36)(H2,31,32,33,34). The molecule has 0 saturated carbocycles. The summed E-state index contributed by atoms with van der Waals surface area (Å²) in [4.78, 5) is 24.1. The highest BCUT2D eigenvalue weighted by Gasteiger charge is 2.16. The molecule has 1 aliphatic heterocycles. The molecule has 2 aromatic carbocycles. The number of unbranched alkanes of at least 4 members (excludes halogenated alkanes) is 1. The van der Waals surface area contributed by atoms with Gasteiger partial charge in [0.15, 0.2) is 5.82 Å². The molecule has 0 unspecified atom stereocenters. The first kappa shape index (κ1) is 26.9. The maximum atomic E-state index is 12.7. The summed E-state index contributed by atoms with van der Waals surface area (Å²) in [5, 5.41) is 9.86. The third-order valence-electron chi connectivity index (χ3n) is 6.45. The van der Waals surface area contributed by atoms with Crippen LogP contribution in [0, 0.1) is 0 Å². The van der Waals surface area contributed by atoms with E-state index in [1.807, 2.05) is 18.2 Å². The van der Waals surface area contributed by atoms with E-state index in [9.17, 15) is 4.79 Å². The Hall–Kier alpha value is -3.20. The van der Waals surface area contributed by atoms with Crippen LogP contribution in [0.1, 0.15) is 41.3 Å². The molecule has 196 valence electrons. The topological polar surface area (TPSA) is 91.4 Å². The zero-order valence-electron chi connectivity index (χ0n) is 21.5. The lowest BCUT2D eigenvalue weighted by Crippen LogP contribution is -2.29. The number of fused-ring (bicyclic) bond motifs is 1. The summed E-state index contributed by atoms with van der Waals surface area (Å²) in [6.07, 6.45) is 5.52. The molecule has 0 spiro atoms. The average molecular weight is 523 g/mol. The number of nitrogens with one attached hydrogen (secondary N) is 3. The van der Waals surface area contributed by atoms with Crippen molar-refractivity contribution in [2.24, 2.45) is 0 Å². The summed E-state index contributed by atoms with van der Waals surface area (Å²) in [5.74, 6) is 0.717. The molecule has 3 aromatic rings. The number of rotatable bonds is 11. The van der Waals surface area contributed by atoms with E-state index < -0.39 is 0 Å². The molecule has 3 N–H and O–H groups in total. The molecule has 4 rings (SSSR count). The molecule has 2 heterocycles. The number of ether oxygens (including phenoxy) is 1. The van der Waals surface area contributed by atoms with Gasteiger partial charge < -0.3 is 25.6 Å². The molecule has 0 aliphatic carbocycles. The summed E-state index contributed by atoms with van der Waals surface area (Å²) in [6, 6.07) is 13.7. The summed E-state index contributed by atoms with van der Waals surface area (Å²) in [7, 11) is 1.74. The van der Waals surface area contributed by atoms with Crippen molar-refractivity contribution in [3.8, 4) is 0 Å². The van der Waals surface area contributed by atoms with Crippen LogP contribution in [0.15, 0.2) is 48.7 Å². The van der Waals surface area contributed by atoms with Crippen molar-refractivity contribution in [3.63, 3.8) is 0 Å². The van der Waals surface area contributed by atoms with Crippen molar-refractivity contribution in [1.29, 1.82) is 0 Å². The maximum absolute atomic E-state index is 12.7. The van der Waals surface area contributed by atoms with Crippen LogP contribution in [0.2, 0.25) is 5.02 Å². The Bertz CT molecular complexity index is 1210. The molecule has 0 radical (unpaired) electrons. The third-order valence-corrected chi connectivity index (χ3v) is 6.73. The highest BCUT2D eigenvalue weighted by molar-refractivity contribution is 6.33. The first-order chi connectivity index (χ1) is 18.1. The van der Waals surface area contributed by atoms with Gasteiger partial charge in [0, 0.05) is 39.0 Å². The van der Waals surface area contributed by atoms with Crippen molar-refractivity contribution in [1.82, 2.24) is 20.2 Å². The summed E-state index contributed by atoms with van der Waals surface area (Å²) >= 11 is 6.42. The number of anilines is 4. The number of halogens is 1. The Morgan fingerprint density at radius 1 is 1.11 bits per heavy atom. The quantitative estimate of drug-likeness (QED) is 0.298. The van der Waals surface area contributed by atoms with Crippen molar-refractivity contribution < 1.29 is 9.53 Å². The van der Waals surface area contributed by atoms with E-state index in [4.69, 9.17) is 16.3 Å². The minimum Gasteiger partial charge on any atom is -0.383 e. The SMILES string of the molecule is CCCCNC(=O)c1ccccc1Nc1nc(Nc2ccc3c(c2)CCN(CCOC)CC3)ncc1Cl. The van der Waals surface area contributed by atoms with E-state index in [0.717, 1.165) is 57.6 Å². The monoisotopic (exact) mass is 522 g/mol. The molecule has 1 amide bonds. The van der Waals surface area contributed by atoms with Gasteiger partial charge >= 0.3 is 0 Å². The predicted molar refractivity (Wildman–Crippen MR) is 149 cm³/mol. The Labute approximate surface area is 223 Å². The van der Waals surface area contributed by atoms with Gasteiger partial charge in [0.2, 0.25) is 5.95 Å². The number of para-hydroxylation sites is 1. The van der Waals surface area contributed by atoms with E-state index in [1.165, 1.54) is 11.1 Å². The second kappa shape index (κ2) is 13.4. The second-order valence-corrected chi connectivity index (χ2v) is 9.52. The Morgan fingerprint density at radius 2 is 1.92 bits per heavy atom. The van der Waals surface area contributed by atoms with Gasteiger partial charge in [0.1, 0.15) is 5.02 Å². The van der Waals surface area contributed by atoms with Gasteiger partial charge in [-0.2, -0.15) is 4.98 Å². The molecule has 37 heavy (non-hydrogen) atoms. The van der Waals surface area contributed by atoms with E-state index in [0.29, 0.717) is 34.6 Å². The molecule has 0 bridgehead atoms. The highest BCUT2D eigenvalue weighted by atomic mass is 35.5. The van der Waals surface area contributed by atoms with Crippen LogP contribution >= 0.6 is 11.6 Å². The number of methoxy groups -OCH3 is 1. The molecule has 8 nitrogen and oxygen atoms in total.